The van der Waals surface area contributed by atoms with Crippen LogP contribution in [0, 0.1) is 0 Å². The Morgan fingerprint density at radius 2 is 1.19 bits per heavy atom. The highest BCUT2D eigenvalue weighted by Gasteiger charge is 2.26. The zero-order valence-electron chi connectivity index (χ0n) is 11.0. The second-order valence-electron chi connectivity index (χ2n) is 4.64. The van der Waals surface area contributed by atoms with Crippen molar-refractivity contribution < 1.29 is 19.8 Å². The van der Waals surface area contributed by atoms with E-state index in [-0.39, 0.29) is 11.1 Å². The van der Waals surface area contributed by atoms with Crippen molar-refractivity contribution >= 4 is 11.9 Å². The van der Waals surface area contributed by atoms with Gasteiger partial charge in [0.15, 0.2) is 0 Å². The largest absolute Gasteiger partial charge is 0.478 e. The zero-order valence-corrected chi connectivity index (χ0v) is 11.0. The molecule has 0 saturated carbocycles. The van der Waals surface area contributed by atoms with E-state index in [1.807, 2.05) is 0 Å². The van der Waals surface area contributed by atoms with E-state index in [2.05, 4.69) is 0 Å². The molecule has 0 bridgehead atoms. The molecule has 0 radical (unpaired) electrons. The molecule has 0 aliphatic heterocycles. The average Bonchev–Trinajstić information content (AvgIpc) is 2.47. The molecule has 0 aromatic heterocycles. The number of hydrogen-bond acceptors (Lipinski definition) is 4. The van der Waals surface area contributed by atoms with Crippen molar-refractivity contribution in [1.29, 1.82) is 0 Å². The lowest BCUT2D eigenvalue weighted by molar-refractivity contribution is 0.0686. The summed E-state index contributed by atoms with van der Waals surface area (Å²) in [5.41, 5.74) is 11.6. The number of benzene rings is 2. The number of carboxylic acids is 2. The van der Waals surface area contributed by atoms with Crippen LogP contribution in [0.5, 0.6) is 0 Å². The van der Waals surface area contributed by atoms with Gasteiger partial charge in [-0.1, -0.05) is 24.3 Å². The SMILES string of the molecule is NC(N)(c1cccc(C(=O)O)c1)c1cccc(C(=O)O)c1. The molecule has 6 heteroatoms. The van der Waals surface area contributed by atoms with Gasteiger partial charge in [-0.05, 0) is 35.4 Å². The van der Waals surface area contributed by atoms with Crippen LogP contribution in [0.4, 0.5) is 0 Å². The smallest absolute Gasteiger partial charge is 0.335 e. The number of aromatic carboxylic acids is 2. The average molecular weight is 286 g/mol. The number of carbonyl (C=O) groups is 2. The van der Waals surface area contributed by atoms with Crippen LogP contribution in [0.1, 0.15) is 31.8 Å². The van der Waals surface area contributed by atoms with E-state index in [0.29, 0.717) is 11.1 Å². The van der Waals surface area contributed by atoms with Crippen LogP contribution < -0.4 is 11.5 Å². The minimum atomic E-state index is -1.49. The minimum Gasteiger partial charge on any atom is -0.478 e. The number of rotatable bonds is 4. The van der Waals surface area contributed by atoms with Crippen LogP contribution in [0.25, 0.3) is 0 Å². The van der Waals surface area contributed by atoms with Crippen LogP contribution in [0.3, 0.4) is 0 Å². The first-order valence-corrected chi connectivity index (χ1v) is 6.08. The summed E-state index contributed by atoms with van der Waals surface area (Å²) in [6, 6.07) is 11.9. The highest BCUT2D eigenvalue weighted by Crippen LogP contribution is 2.23. The topological polar surface area (TPSA) is 127 Å². The van der Waals surface area contributed by atoms with Gasteiger partial charge in [0.25, 0.3) is 0 Å². The van der Waals surface area contributed by atoms with Crippen molar-refractivity contribution in [2.45, 2.75) is 5.66 Å². The molecule has 21 heavy (non-hydrogen) atoms. The van der Waals surface area contributed by atoms with Gasteiger partial charge in [0.05, 0.1) is 11.1 Å². The summed E-state index contributed by atoms with van der Waals surface area (Å²) in [4.78, 5) is 22.0. The van der Waals surface area contributed by atoms with Crippen LogP contribution in [0.15, 0.2) is 48.5 Å². The lowest BCUT2D eigenvalue weighted by Gasteiger charge is -2.26. The van der Waals surface area contributed by atoms with Crippen LogP contribution >= 0.6 is 0 Å². The van der Waals surface area contributed by atoms with E-state index in [1.165, 1.54) is 36.4 Å². The Morgan fingerprint density at radius 1 is 0.810 bits per heavy atom. The molecule has 108 valence electrons. The fraction of sp³-hybridized carbons (Fsp3) is 0.0667. The van der Waals surface area contributed by atoms with Crippen molar-refractivity contribution in [2.24, 2.45) is 11.5 Å². The summed E-state index contributed by atoms with van der Waals surface area (Å²) in [7, 11) is 0. The third-order valence-corrected chi connectivity index (χ3v) is 3.17. The van der Waals surface area contributed by atoms with Crippen molar-refractivity contribution in [3.63, 3.8) is 0 Å². The molecule has 2 rings (SSSR count). The maximum absolute atomic E-state index is 11.0. The normalized spacial score (nSPS) is 11.1. The first-order chi connectivity index (χ1) is 9.82. The van der Waals surface area contributed by atoms with Gasteiger partial charge >= 0.3 is 11.9 Å². The predicted octanol–water partition coefficient (Wildman–Crippen LogP) is 1.20. The summed E-state index contributed by atoms with van der Waals surface area (Å²) >= 11 is 0. The van der Waals surface area contributed by atoms with E-state index in [1.54, 1.807) is 12.1 Å². The van der Waals surface area contributed by atoms with E-state index in [0.717, 1.165) is 0 Å². The maximum atomic E-state index is 11.0. The van der Waals surface area contributed by atoms with Crippen molar-refractivity contribution in [1.82, 2.24) is 0 Å². The fourth-order valence-electron chi connectivity index (χ4n) is 1.99. The number of carboxylic acid groups (broad SMARTS) is 2. The molecule has 0 heterocycles. The summed E-state index contributed by atoms with van der Waals surface area (Å²) in [5, 5.41) is 18.0. The highest BCUT2D eigenvalue weighted by atomic mass is 16.4. The Labute approximate surface area is 120 Å². The molecule has 0 saturated heterocycles. The fourth-order valence-corrected chi connectivity index (χ4v) is 1.99. The maximum Gasteiger partial charge on any atom is 0.335 e. The Balaban J connectivity index is 2.50. The van der Waals surface area contributed by atoms with Gasteiger partial charge in [-0.2, -0.15) is 0 Å². The van der Waals surface area contributed by atoms with Gasteiger partial charge in [-0.3, -0.25) is 0 Å². The summed E-state index contributed by atoms with van der Waals surface area (Å²) in [6.45, 7) is 0. The van der Waals surface area contributed by atoms with E-state index in [4.69, 9.17) is 21.7 Å². The van der Waals surface area contributed by atoms with Gasteiger partial charge in [0, 0.05) is 0 Å². The van der Waals surface area contributed by atoms with E-state index < -0.39 is 17.6 Å². The second-order valence-corrected chi connectivity index (χ2v) is 4.64. The minimum absolute atomic E-state index is 0.0576. The molecular weight excluding hydrogens is 272 g/mol. The van der Waals surface area contributed by atoms with Crippen LogP contribution in [-0.4, -0.2) is 22.2 Å². The molecule has 6 N–H and O–H groups in total. The summed E-state index contributed by atoms with van der Waals surface area (Å²) in [6.07, 6.45) is 0. The van der Waals surface area contributed by atoms with E-state index in [9.17, 15) is 9.59 Å². The van der Waals surface area contributed by atoms with Gasteiger partial charge in [-0.25, -0.2) is 9.59 Å². The third kappa shape index (κ3) is 2.91. The Bertz CT molecular complexity index is 651. The Kier molecular flexibility index (Phi) is 3.75. The first kappa shape index (κ1) is 14.7. The molecule has 2 aromatic carbocycles. The highest BCUT2D eigenvalue weighted by molar-refractivity contribution is 5.88. The zero-order chi connectivity index (χ0) is 15.6. The lowest BCUT2D eigenvalue weighted by atomic mass is 9.91. The van der Waals surface area contributed by atoms with Crippen molar-refractivity contribution in [3.8, 4) is 0 Å². The molecule has 0 unspecified atom stereocenters. The standard InChI is InChI=1S/C15H14N2O4/c16-15(17,11-5-1-3-9(7-11)13(18)19)12-6-2-4-10(8-12)14(20)21/h1-8H,16-17H2,(H,18,19)(H,20,21). The molecule has 0 amide bonds. The lowest BCUT2D eigenvalue weighted by Crippen LogP contribution is -2.47. The molecule has 2 aromatic rings. The molecule has 0 spiro atoms. The van der Waals surface area contributed by atoms with Crippen molar-refractivity contribution in [3.05, 3.63) is 70.8 Å². The quantitative estimate of drug-likeness (QED) is 0.625. The first-order valence-electron chi connectivity index (χ1n) is 6.08. The molecule has 6 nitrogen and oxygen atoms in total. The summed E-state index contributed by atoms with van der Waals surface area (Å²) < 4.78 is 0. The van der Waals surface area contributed by atoms with Gasteiger partial charge in [-0.15, -0.1) is 0 Å². The van der Waals surface area contributed by atoms with Gasteiger partial charge in [0.2, 0.25) is 0 Å². The van der Waals surface area contributed by atoms with Crippen molar-refractivity contribution in [2.75, 3.05) is 0 Å². The molecular formula is C15H14N2O4. The van der Waals surface area contributed by atoms with Crippen LogP contribution in [0.2, 0.25) is 0 Å². The number of nitrogens with two attached hydrogens (primary N) is 2. The summed E-state index contributed by atoms with van der Waals surface area (Å²) in [5.74, 6) is -2.18. The number of hydrogen-bond donors (Lipinski definition) is 4. The third-order valence-electron chi connectivity index (χ3n) is 3.17. The Hall–Kier alpha value is -2.70. The second kappa shape index (κ2) is 5.35. The molecule has 0 atom stereocenters. The van der Waals surface area contributed by atoms with E-state index >= 15 is 0 Å². The Morgan fingerprint density at radius 3 is 1.52 bits per heavy atom. The molecule has 0 aliphatic rings. The van der Waals surface area contributed by atoms with Gasteiger partial charge in [0.1, 0.15) is 5.66 Å². The van der Waals surface area contributed by atoms with Gasteiger partial charge < -0.3 is 21.7 Å². The predicted molar refractivity (Wildman–Crippen MR) is 76.0 cm³/mol. The van der Waals surface area contributed by atoms with Crippen LogP contribution in [-0.2, 0) is 5.66 Å². The molecule has 0 aliphatic carbocycles. The monoisotopic (exact) mass is 286 g/mol. The molecule has 0 fully saturated rings.